The molecular weight excluding hydrogens is 287 g/mol. The summed E-state index contributed by atoms with van der Waals surface area (Å²) in [5, 5.41) is 6.89. The van der Waals surface area contributed by atoms with Crippen molar-refractivity contribution < 1.29 is 4.39 Å². The maximum absolute atomic E-state index is 13.7. The monoisotopic (exact) mass is 302 g/mol. The lowest BCUT2D eigenvalue weighted by Gasteiger charge is -2.10. The minimum absolute atomic E-state index is 0.197. The van der Waals surface area contributed by atoms with Gasteiger partial charge in [-0.2, -0.15) is 5.10 Å². The Morgan fingerprint density at radius 1 is 0.957 bits per heavy atom. The van der Waals surface area contributed by atoms with Crippen molar-refractivity contribution in [3.63, 3.8) is 0 Å². The van der Waals surface area contributed by atoms with Crippen molar-refractivity contribution in [2.45, 2.75) is 19.3 Å². The SMILES string of the molecule is Fc1ccc2c(c1)cc(-c1ccccc1)n1nc3c(c21)CCC3. The van der Waals surface area contributed by atoms with Crippen LogP contribution in [0.4, 0.5) is 4.39 Å². The maximum Gasteiger partial charge on any atom is 0.123 e. The molecular formula is C20H15FN2. The van der Waals surface area contributed by atoms with Crippen LogP contribution in [0.25, 0.3) is 27.5 Å². The summed E-state index contributed by atoms with van der Waals surface area (Å²) < 4.78 is 15.8. The number of pyridine rings is 1. The van der Waals surface area contributed by atoms with Gasteiger partial charge in [0.1, 0.15) is 5.82 Å². The molecule has 0 unspecified atom stereocenters. The van der Waals surface area contributed by atoms with E-state index in [1.165, 1.54) is 11.3 Å². The number of fused-ring (bicyclic) bond motifs is 5. The number of aryl methyl sites for hydroxylation is 2. The van der Waals surface area contributed by atoms with Crippen LogP contribution >= 0.6 is 0 Å². The molecule has 2 aromatic carbocycles. The van der Waals surface area contributed by atoms with E-state index >= 15 is 0 Å². The molecule has 0 saturated heterocycles. The highest BCUT2D eigenvalue weighted by molar-refractivity contribution is 6.00. The molecule has 0 atom stereocenters. The number of rotatable bonds is 1. The van der Waals surface area contributed by atoms with Gasteiger partial charge in [-0.3, -0.25) is 0 Å². The number of aromatic nitrogens is 2. The van der Waals surface area contributed by atoms with Gasteiger partial charge in [-0.15, -0.1) is 0 Å². The lowest BCUT2D eigenvalue weighted by atomic mass is 10.0. The highest BCUT2D eigenvalue weighted by atomic mass is 19.1. The summed E-state index contributed by atoms with van der Waals surface area (Å²) in [6.45, 7) is 0. The third-order valence-electron chi connectivity index (χ3n) is 4.77. The summed E-state index contributed by atoms with van der Waals surface area (Å²) in [4.78, 5) is 0. The van der Waals surface area contributed by atoms with E-state index in [2.05, 4.69) is 16.6 Å². The maximum atomic E-state index is 13.7. The van der Waals surface area contributed by atoms with E-state index in [1.807, 2.05) is 30.3 Å². The van der Waals surface area contributed by atoms with Crippen LogP contribution in [0.15, 0.2) is 54.6 Å². The second-order valence-electron chi connectivity index (χ2n) is 6.17. The molecule has 112 valence electrons. The molecule has 0 aliphatic heterocycles. The molecule has 0 fully saturated rings. The second kappa shape index (κ2) is 4.66. The summed E-state index contributed by atoms with van der Waals surface area (Å²) in [5.74, 6) is -0.197. The highest BCUT2D eigenvalue weighted by Gasteiger charge is 2.22. The Morgan fingerprint density at radius 3 is 2.70 bits per heavy atom. The summed E-state index contributed by atoms with van der Waals surface area (Å²) in [6.07, 6.45) is 3.25. The molecule has 23 heavy (non-hydrogen) atoms. The molecule has 0 saturated carbocycles. The Kier molecular flexibility index (Phi) is 2.60. The Hall–Kier alpha value is -2.68. The fourth-order valence-electron chi connectivity index (χ4n) is 3.73. The van der Waals surface area contributed by atoms with Crippen LogP contribution in [-0.2, 0) is 12.8 Å². The molecule has 2 heterocycles. The molecule has 0 amide bonds. The first kappa shape index (κ1) is 12.8. The van der Waals surface area contributed by atoms with Gasteiger partial charge in [0.2, 0.25) is 0 Å². The summed E-state index contributed by atoms with van der Waals surface area (Å²) in [7, 11) is 0. The molecule has 0 spiro atoms. The van der Waals surface area contributed by atoms with Crippen molar-refractivity contribution in [3.05, 3.63) is 71.7 Å². The van der Waals surface area contributed by atoms with Gasteiger partial charge in [0.15, 0.2) is 0 Å². The largest absolute Gasteiger partial charge is 0.232 e. The smallest absolute Gasteiger partial charge is 0.123 e. The average molecular weight is 302 g/mol. The van der Waals surface area contributed by atoms with E-state index in [1.54, 1.807) is 12.1 Å². The van der Waals surface area contributed by atoms with Gasteiger partial charge in [-0.1, -0.05) is 30.3 Å². The summed E-state index contributed by atoms with van der Waals surface area (Å²) >= 11 is 0. The lowest BCUT2D eigenvalue weighted by molar-refractivity contribution is 0.630. The molecule has 1 aliphatic rings. The third-order valence-corrected chi connectivity index (χ3v) is 4.77. The molecule has 2 nitrogen and oxygen atoms in total. The average Bonchev–Trinajstić information content (AvgIpc) is 3.15. The number of nitrogens with zero attached hydrogens (tertiary/aromatic N) is 2. The van der Waals surface area contributed by atoms with E-state index < -0.39 is 0 Å². The quantitative estimate of drug-likeness (QED) is 0.494. The van der Waals surface area contributed by atoms with Crippen molar-refractivity contribution in [3.8, 4) is 11.3 Å². The predicted molar refractivity (Wildman–Crippen MR) is 90.1 cm³/mol. The van der Waals surface area contributed by atoms with Crippen molar-refractivity contribution >= 4 is 16.3 Å². The van der Waals surface area contributed by atoms with Crippen molar-refractivity contribution in [1.29, 1.82) is 0 Å². The van der Waals surface area contributed by atoms with Gasteiger partial charge >= 0.3 is 0 Å². The fourth-order valence-corrected chi connectivity index (χ4v) is 3.73. The highest BCUT2D eigenvalue weighted by Crippen LogP contribution is 2.35. The van der Waals surface area contributed by atoms with Crippen LogP contribution in [0, 0.1) is 5.82 Å². The molecule has 0 radical (unpaired) electrons. The van der Waals surface area contributed by atoms with Gasteiger partial charge in [0.25, 0.3) is 0 Å². The standard InChI is InChI=1S/C20H15FN2/c21-15-9-10-16-14(11-15)12-19(13-5-2-1-3-6-13)23-20(16)17-7-4-8-18(17)22-23/h1-3,5-6,9-12H,4,7-8H2. The van der Waals surface area contributed by atoms with E-state index in [9.17, 15) is 4.39 Å². The number of hydrogen-bond donors (Lipinski definition) is 0. The van der Waals surface area contributed by atoms with Crippen LogP contribution in [0.2, 0.25) is 0 Å². The zero-order valence-electron chi connectivity index (χ0n) is 12.6. The van der Waals surface area contributed by atoms with Crippen LogP contribution < -0.4 is 0 Å². The minimum Gasteiger partial charge on any atom is -0.232 e. The summed E-state index contributed by atoms with van der Waals surface area (Å²) in [6, 6.07) is 17.3. The van der Waals surface area contributed by atoms with Gasteiger partial charge in [0.05, 0.1) is 16.9 Å². The minimum atomic E-state index is -0.197. The Bertz CT molecular complexity index is 1050. The Morgan fingerprint density at radius 2 is 1.83 bits per heavy atom. The zero-order chi connectivity index (χ0) is 15.4. The molecule has 3 heteroatoms. The number of benzene rings is 2. The fraction of sp³-hybridized carbons (Fsp3) is 0.150. The molecule has 2 aromatic heterocycles. The van der Waals surface area contributed by atoms with E-state index in [4.69, 9.17) is 5.10 Å². The number of hydrogen-bond acceptors (Lipinski definition) is 1. The van der Waals surface area contributed by atoms with Gasteiger partial charge < -0.3 is 0 Å². The molecule has 0 bridgehead atoms. The molecule has 1 aliphatic carbocycles. The third kappa shape index (κ3) is 1.83. The zero-order valence-corrected chi connectivity index (χ0v) is 12.6. The van der Waals surface area contributed by atoms with E-state index in [0.717, 1.165) is 46.8 Å². The van der Waals surface area contributed by atoms with Gasteiger partial charge in [0, 0.05) is 16.5 Å². The Labute approximate surface area is 133 Å². The van der Waals surface area contributed by atoms with Crippen molar-refractivity contribution in [1.82, 2.24) is 9.61 Å². The van der Waals surface area contributed by atoms with Crippen molar-refractivity contribution in [2.24, 2.45) is 0 Å². The first-order chi connectivity index (χ1) is 11.3. The normalized spacial score (nSPS) is 13.8. The molecule has 5 rings (SSSR count). The van der Waals surface area contributed by atoms with Crippen LogP contribution in [-0.4, -0.2) is 9.61 Å². The van der Waals surface area contributed by atoms with Crippen LogP contribution in [0.1, 0.15) is 17.7 Å². The second-order valence-corrected chi connectivity index (χ2v) is 6.17. The van der Waals surface area contributed by atoms with Gasteiger partial charge in [-0.05, 0) is 48.9 Å². The topological polar surface area (TPSA) is 17.3 Å². The van der Waals surface area contributed by atoms with Crippen LogP contribution in [0.5, 0.6) is 0 Å². The first-order valence-corrected chi connectivity index (χ1v) is 7.99. The van der Waals surface area contributed by atoms with Crippen molar-refractivity contribution in [2.75, 3.05) is 0 Å². The predicted octanol–water partition coefficient (Wildman–Crippen LogP) is 4.78. The van der Waals surface area contributed by atoms with E-state index in [0.29, 0.717) is 0 Å². The molecule has 0 N–H and O–H groups in total. The number of halogens is 1. The lowest BCUT2D eigenvalue weighted by Crippen LogP contribution is -1.97. The van der Waals surface area contributed by atoms with Crippen LogP contribution in [0.3, 0.4) is 0 Å². The van der Waals surface area contributed by atoms with E-state index in [-0.39, 0.29) is 5.82 Å². The summed E-state index contributed by atoms with van der Waals surface area (Å²) in [5.41, 5.74) is 5.80. The molecule has 4 aromatic rings. The Balaban J connectivity index is 1.97. The first-order valence-electron chi connectivity index (χ1n) is 7.99. The van der Waals surface area contributed by atoms with Gasteiger partial charge in [-0.25, -0.2) is 8.91 Å².